The summed E-state index contributed by atoms with van der Waals surface area (Å²) in [5, 5.41) is 14.0. The molecule has 2 aromatic rings. The second-order valence-electron chi connectivity index (χ2n) is 3.33. The third-order valence-corrected chi connectivity index (χ3v) is 2.92. The van der Waals surface area contributed by atoms with Gasteiger partial charge in [0, 0.05) is 5.38 Å². The number of furan rings is 1. The standard InChI is InChI=1S/C10H11N3O3S/c11-8(9(14)15)7-5-17-10(13-7)12-4-6-2-1-3-16-6/h1-3,5,8H,4,11H2,(H,12,13)(H,14,15). The third kappa shape index (κ3) is 2.83. The lowest BCUT2D eigenvalue weighted by Gasteiger charge is -2.01. The molecule has 7 heteroatoms. The van der Waals surface area contributed by atoms with Crippen LogP contribution in [0.2, 0.25) is 0 Å². The number of aromatic nitrogens is 1. The number of hydrogen-bond acceptors (Lipinski definition) is 6. The molecule has 0 saturated carbocycles. The summed E-state index contributed by atoms with van der Waals surface area (Å²) in [7, 11) is 0. The van der Waals surface area contributed by atoms with Crippen molar-refractivity contribution in [3.8, 4) is 0 Å². The van der Waals surface area contributed by atoms with Crippen LogP contribution in [0.4, 0.5) is 5.13 Å². The van der Waals surface area contributed by atoms with E-state index in [1.807, 2.05) is 6.07 Å². The summed E-state index contributed by atoms with van der Waals surface area (Å²) in [5.74, 6) is -0.308. The molecule has 1 unspecified atom stereocenters. The molecule has 0 aliphatic rings. The second-order valence-corrected chi connectivity index (χ2v) is 4.18. The van der Waals surface area contributed by atoms with Gasteiger partial charge in [0.2, 0.25) is 0 Å². The van der Waals surface area contributed by atoms with E-state index in [4.69, 9.17) is 15.3 Å². The number of carboxylic acid groups (broad SMARTS) is 1. The Bertz CT molecular complexity index is 495. The van der Waals surface area contributed by atoms with Crippen molar-refractivity contribution >= 4 is 22.4 Å². The molecule has 2 heterocycles. The molecule has 0 aliphatic heterocycles. The van der Waals surface area contributed by atoms with Gasteiger partial charge in [-0.15, -0.1) is 11.3 Å². The number of aliphatic carboxylic acids is 1. The summed E-state index contributed by atoms with van der Waals surface area (Å²) in [6, 6.07) is 2.56. The van der Waals surface area contributed by atoms with E-state index in [1.54, 1.807) is 17.7 Å². The van der Waals surface area contributed by atoms with Crippen molar-refractivity contribution in [1.29, 1.82) is 0 Å². The van der Waals surface area contributed by atoms with Crippen LogP contribution in [0.3, 0.4) is 0 Å². The molecule has 4 N–H and O–H groups in total. The first-order valence-electron chi connectivity index (χ1n) is 4.87. The summed E-state index contributed by atoms with van der Waals surface area (Å²) in [4.78, 5) is 14.7. The van der Waals surface area contributed by atoms with Crippen LogP contribution in [0.25, 0.3) is 0 Å². The predicted molar refractivity (Wildman–Crippen MR) is 62.7 cm³/mol. The van der Waals surface area contributed by atoms with Crippen LogP contribution in [0.5, 0.6) is 0 Å². The molecule has 6 nitrogen and oxygen atoms in total. The molecule has 0 bridgehead atoms. The first kappa shape index (κ1) is 11.6. The minimum atomic E-state index is -1.09. The Labute approximate surface area is 101 Å². The zero-order chi connectivity index (χ0) is 12.3. The highest BCUT2D eigenvalue weighted by Gasteiger charge is 2.17. The van der Waals surface area contributed by atoms with Crippen molar-refractivity contribution in [1.82, 2.24) is 4.98 Å². The van der Waals surface area contributed by atoms with E-state index >= 15 is 0 Å². The van der Waals surface area contributed by atoms with E-state index in [-0.39, 0.29) is 0 Å². The van der Waals surface area contributed by atoms with Gasteiger partial charge < -0.3 is 20.6 Å². The van der Waals surface area contributed by atoms with E-state index in [0.29, 0.717) is 17.4 Å². The largest absolute Gasteiger partial charge is 0.480 e. The summed E-state index contributed by atoms with van der Waals surface area (Å²) in [5.41, 5.74) is 5.79. The van der Waals surface area contributed by atoms with E-state index in [9.17, 15) is 4.79 Å². The second kappa shape index (κ2) is 4.98. The minimum Gasteiger partial charge on any atom is -0.480 e. The highest BCUT2D eigenvalue weighted by molar-refractivity contribution is 7.13. The Morgan fingerprint density at radius 3 is 3.18 bits per heavy atom. The van der Waals surface area contributed by atoms with Gasteiger partial charge in [-0.25, -0.2) is 4.98 Å². The van der Waals surface area contributed by atoms with Gasteiger partial charge in [0.1, 0.15) is 11.8 Å². The van der Waals surface area contributed by atoms with E-state index < -0.39 is 12.0 Å². The Hall–Kier alpha value is -1.86. The summed E-state index contributed by atoms with van der Waals surface area (Å²) in [6.45, 7) is 0.502. The van der Waals surface area contributed by atoms with Crippen molar-refractivity contribution in [3.05, 3.63) is 35.2 Å². The van der Waals surface area contributed by atoms with Gasteiger partial charge in [0.25, 0.3) is 0 Å². The molecular weight excluding hydrogens is 242 g/mol. The van der Waals surface area contributed by atoms with Crippen molar-refractivity contribution in [3.63, 3.8) is 0 Å². The van der Waals surface area contributed by atoms with Crippen LogP contribution in [-0.4, -0.2) is 16.1 Å². The molecule has 0 saturated heterocycles. The molecule has 2 rings (SSSR count). The number of rotatable bonds is 5. The zero-order valence-electron chi connectivity index (χ0n) is 8.79. The lowest BCUT2D eigenvalue weighted by Crippen LogP contribution is -2.20. The van der Waals surface area contributed by atoms with Gasteiger partial charge in [-0.3, -0.25) is 4.79 Å². The Balaban J connectivity index is 1.96. The van der Waals surface area contributed by atoms with E-state index in [2.05, 4.69) is 10.3 Å². The summed E-state index contributed by atoms with van der Waals surface area (Å²) >= 11 is 1.31. The Morgan fingerprint density at radius 1 is 1.71 bits per heavy atom. The molecule has 1 atom stereocenters. The highest BCUT2D eigenvalue weighted by atomic mass is 32.1. The van der Waals surface area contributed by atoms with Crippen LogP contribution < -0.4 is 11.1 Å². The van der Waals surface area contributed by atoms with Crippen LogP contribution >= 0.6 is 11.3 Å². The monoisotopic (exact) mass is 253 g/mol. The maximum absolute atomic E-state index is 10.7. The average Bonchev–Trinajstić information content (AvgIpc) is 2.96. The normalized spacial score (nSPS) is 12.3. The molecule has 90 valence electrons. The van der Waals surface area contributed by atoms with Crippen LogP contribution in [-0.2, 0) is 11.3 Å². The minimum absolute atomic E-state index is 0.351. The third-order valence-electron chi connectivity index (χ3n) is 2.10. The Kier molecular flexibility index (Phi) is 3.40. The fourth-order valence-electron chi connectivity index (χ4n) is 1.21. The van der Waals surface area contributed by atoms with Crippen molar-refractivity contribution in [2.24, 2.45) is 5.73 Å². The average molecular weight is 253 g/mol. The Morgan fingerprint density at radius 2 is 2.53 bits per heavy atom. The number of thiazole rings is 1. The van der Waals surface area contributed by atoms with Crippen LogP contribution in [0.15, 0.2) is 28.2 Å². The quantitative estimate of drug-likeness (QED) is 0.745. The highest BCUT2D eigenvalue weighted by Crippen LogP contribution is 2.20. The molecule has 2 aromatic heterocycles. The number of nitrogens with two attached hydrogens (primary N) is 1. The first-order chi connectivity index (χ1) is 8.16. The lowest BCUT2D eigenvalue weighted by atomic mass is 10.2. The number of anilines is 1. The molecule has 0 radical (unpaired) electrons. The summed E-state index contributed by atoms with van der Waals surface area (Å²) in [6.07, 6.45) is 1.59. The van der Waals surface area contributed by atoms with E-state index in [0.717, 1.165) is 5.76 Å². The van der Waals surface area contributed by atoms with Crippen LogP contribution in [0.1, 0.15) is 17.5 Å². The fourth-order valence-corrected chi connectivity index (χ4v) is 1.96. The smallest absolute Gasteiger partial charge is 0.326 e. The van der Waals surface area contributed by atoms with Gasteiger partial charge in [-0.2, -0.15) is 0 Å². The number of carboxylic acids is 1. The summed E-state index contributed by atoms with van der Waals surface area (Å²) < 4.78 is 5.14. The lowest BCUT2D eigenvalue weighted by molar-refractivity contribution is -0.138. The van der Waals surface area contributed by atoms with Gasteiger partial charge in [-0.05, 0) is 12.1 Å². The molecule has 0 aliphatic carbocycles. The van der Waals surface area contributed by atoms with Crippen molar-refractivity contribution in [2.45, 2.75) is 12.6 Å². The van der Waals surface area contributed by atoms with Gasteiger partial charge >= 0.3 is 5.97 Å². The van der Waals surface area contributed by atoms with Crippen molar-refractivity contribution in [2.75, 3.05) is 5.32 Å². The fraction of sp³-hybridized carbons (Fsp3) is 0.200. The van der Waals surface area contributed by atoms with Gasteiger partial charge in [0.05, 0.1) is 18.5 Å². The molecule has 17 heavy (non-hydrogen) atoms. The molecule has 0 aromatic carbocycles. The number of nitrogens with zero attached hydrogens (tertiary/aromatic N) is 1. The zero-order valence-corrected chi connectivity index (χ0v) is 9.61. The SMILES string of the molecule is NC(C(=O)O)c1csc(NCc2ccco2)n1. The van der Waals surface area contributed by atoms with Crippen LogP contribution in [0, 0.1) is 0 Å². The maximum atomic E-state index is 10.7. The topological polar surface area (TPSA) is 101 Å². The molecular formula is C10H11N3O3S. The number of hydrogen-bond donors (Lipinski definition) is 3. The first-order valence-corrected chi connectivity index (χ1v) is 5.75. The number of carbonyl (C=O) groups is 1. The maximum Gasteiger partial charge on any atom is 0.326 e. The molecule has 0 fully saturated rings. The van der Waals surface area contributed by atoms with Crippen molar-refractivity contribution < 1.29 is 14.3 Å². The number of nitrogens with one attached hydrogen (secondary N) is 1. The van der Waals surface area contributed by atoms with Gasteiger partial charge in [-0.1, -0.05) is 0 Å². The molecule has 0 amide bonds. The van der Waals surface area contributed by atoms with E-state index in [1.165, 1.54) is 11.3 Å². The molecule has 0 spiro atoms. The predicted octanol–water partition coefficient (Wildman–Crippen LogP) is 1.43. The van der Waals surface area contributed by atoms with Gasteiger partial charge in [0.15, 0.2) is 5.13 Å².